The second kappa shape index (κ2) is 7.82. The van der Waals surface area contributed by atoms with Crippen LogP contribution in [0.4, 0.5) is 0 Å². The van der Waals surface area contributed by atoms with Gasteiger partial charge in [0.25, 0.3) is 0 Å². The normalized spacial score (nSPS) is 15.6. The van der Waals surface area contributed by atoms with Crippen LogP contribution in [0.5, 0.6) is 0 Å². The topological polar surface area (TPSA) is 43.4 Å². The van der Waals surface area contributed by atoms with E-state index in [9.17, 15) is 9.59 Å². The minimum absolute atomic E-state index is 0.0378. The molecule has 3 nitrogen and oxygen atoms in total. The van der Waals surface area contributed by atoms with Gasteiger partial charge in [0.2, 0.25) is 0 Å². The van der Waals surface area contributed by atoms with Crippen molar-refractivity contribution in [3.8, 4) is 0 Å². The molecule has 0 N–H and O–H groups in total. The number of carbonyl (C=O) groups is 2. The number of ether oxygens (including phenoxy) is 1. The van der Waals surface area contributed by atoms with E-state index in [1.807, 2.05) is 24.3 Å². The molecular formula is C26H28O3. The maximum atomic E-state index is 12.6. The third-order valence-electron chi connectivity index (χ3n) is 5.35. The van der Waals surface area contributed by atoms with E-state index in [1.54, 1.807) is 24.3 Å². The van der Waals surface area contributed by atoms with Crippen molar-refractivity contribution in [2.75, 3.05) is 0 Å². The molecule has 0 saturated carbocycles. The summed E-state index contributed by atoms with van der Waals surface area (Å²) in [5, 5.41) is 0. The van der Waals surface area contributed by atoms with Gasteiger partial charge in [-0.25, -0.2) is 4.79 Å². The van der Waals surface area contributed by atoms with Crippen molar-refractivity contribution in [1.29, 1.82) is 0 Å². The van der Waals surface area contributed by atoms with Gasteiger partial charge in [-0.05, 0) is 52.1 Å². The van der Waals surface area contributed by atoms with Crippen LogP contribution in [0.25, 0.3) is 5.57 Å². The Kier molecular flexibility index (Phi) is 5.61. The first-order valence-electron chi connectivity index (χ1n) is 9.92. The van der Waals surface area contributed by atoms with Gasteiger partial charge in [-0.3, -0.25) is 4.79 Å². The summed E-state index contributed by atoms with van der Waals surface area (Å²) in [4.78, 5) is 24.6. The van der Waals surface area contributed by atoms with E-state index in [0.29, 0.717) is 11.1 Å². The summed E-state index contributed by atoms with van der Waals surface area (Å²) in [5.41, 5.74) is 4.76. The minimum Gasteiger partial charge on any atom is -0.431 e. The molecule has 2 aromatic rings. The molecule has 0 heterocycles. The van der Waals surface area contributed by atoms with Gasteiger partial charge >= 0.3 is 5.97 Å². The Morgan fingerprint density at radius 3 is 2.34 bits per heavy atom. The molecule has 0 unspecified atom stereocenters. The Bertz CT molecular complexity index is 986. The summed E-state index contributed by atoms with van der Waals surface area (Å²) in [6.45, 7) is 11.0. The molecule has 0 radical (unpaired) electrons. The molecule has 0 atom stereocenters. The Labute approximate surface area is 173 Å². The van der Waals surface area contributed by atoms with Crippen molar-refractivity contribution in [3.05, 3.63) is 89.2 Å². The van der Waals surface area contributed by atoms with Crippen molar-refractivity contribution in [2.24, 2.45) is 5.41 Å². The predicted molar refractivity (Wildman–Crippen MR) is 117 cm³/mol. The van der Waals surface area contributed by atoms with E-state index in [-0.39, 0.29) is 16.6 Å². The van der Waals surface area contributed by atoms with Crippen LogP contribution in [0.15, 0.2) is 66.9 Å². The molecule has 3 heteroatoms. The quantitative estimate of drug-likeness (QED) is 0.265. The SMILES string of the molecule is CC(C)(C)C1=CCC(C)(C)c2cc(C(=O)C=COC(=O)c3ccccc3)ccc21. The summed E-state index contributed by atoms with van der Waals surface area (Å²) in [6, 6.07) is 14.6. The summed E-state index contributed by atoms with van der Waals surface area (Å²) in [5.74, 6) is -0.669. The fourth-order valence-electron chi connectivity index (χ4n) is 3.68. The van der Waals surface area contributed by atoms with Crippen molar-refractivity contribution < 1.29 is 14.3 Å². The number of esters is 1. The Morgan fingerprint density at radius 2 is 1.69 bits per heavy atom. The molecular weight excluding hydrogens is 360 g/mol. The van der Waals surface area contributed by atoms with E-state index in [4.69, 9.17) is 4.74 Å². The maximum Gasteiger partial charge on any atom is 0.342 e. The molecule has 0 aromatic heterocycles. The zero-order chi connectivity index (χ0) is 21.2. The third kappa shape index (κ3) is 4.56. The lowest BCUT2D eigenvalue weighted by Crippen LogP contribution is -2.25. The second-order valence-electron chi connectivity index (χ2n) is 9.15. The second-order valence-corrected chi connectivity index (χ2v) is 9.15. The van der Waals surface area contributed by atoms with Gasteiger partial charge in [-0.15, -0.1) is 0 Å². The number of fused-ring (bicyclic) bond motifs is 1. The number of hydrogen-bond acceptors (Lipinski definition) is 3. The van der Waals surface area contributed by atoms with Gasteiger partial charge in [0.15, 0.2) is 5.78 Å². The number of rotatable bonds is 4. The van der Waals surface area contributed by atoms with Gasteiger partial charge in [-0.2, -0.15) is 0 Å². The lowest BCUT2D eigenvalue weighted by Gasteiger charge is -2.36. The highest BCUT2D eigenvalue weighted by Crippen LogP contribution is 2.45. The van der Waals surface area contributed by atoms with Crippen molar-refractivity contribution in [2.45, 2.75) is 46.5 Å². The van der Waals surface area contributed by atoms with Crippen LogP contribution < -0.4 is 0 Å². The van der Waals surface area contributed by atoms with E-state index in [0.717, 1.165) is 6.42 Å². The lowest BCUT2D eigenvalue weighted by atomic mass is 9.68. The average molecular weight is 389 g/mol. The largest absolute Gasteiger partial charge is 0.431 e. The summed E-state index contributed by atoms with van der Waals surface area (Å²) in [6.07, 6.45) is 5.74. The standard InChI is InChI=1S/C26H28O3/c1-25(2,3)21-13-15-26(4,5)22-17-19(11-12-20(21)22)23(27)14-16-29-24(28)18-9-7-6-8-10-18/h6-14,16-17H,15H2,1-5H3. The molecule has 3 rings (SSSR count). The zero-order valence-corrected chi connectivity index (χ0v) is 17.8. The van der Waals surface area contributed by atoms with Crippen molar-refractivity contribution >= 4 is 17.3 Å². The van der Waals surface area contributed by atoms with E-state index < -0.39 is 5.97 Å². The van der Waals surface area contributed by atoms with Crippen LogP contribution in [-0.2, 0) is 10.2 Å². The van der Waals surface area contributed by atoms with Crippen LogP contribution in [0.1, 0.15) is 72.9 Å². The number of ketones is 1. The molecule has 0 bridgehead atoms. The highest BCUT2D eigenvalue weighted by molar-refractivity contribution is 6.05. The molecule has 2 aromatic carbocycles. The maximum absolute atomic E-state index is 12.6. The Hall–Kier alpha value is -2.94. The van der Waals surface area contributed by atoms with Gasteiger partial charge in [0, 0.05) is 11.6 Å². The summed E-state index contributed by atoms with van der Waals surface area (Å²) >= 11 is 0. The highest BCUT2D eigenvalue weighted by atomic mass is 16.5. The van der Waals surface area contributed by atoms with Crippen LogP contribution in [0.3, 0.4) is 0 Å². The molecule has 0 spiro atoms. The van der Waals surface area contributed by atoms with Gasteiger partial charge in [0.1, 0.15) is 0 Å². The zero-order valence-electron chi connectivity index (χ0n) is 17.8. The Morgan fingerprint density at radius 1 is 1.00 bits per heavy atom. The molecule has 1 aliphatic rings. The van der Waals surface area contributed by atoms with Crippen LogP contribution >= 0.6 is 0 Å². The number of carbonyl (C=O) groups excluding carboxylic acids is 2. The first-order chi connectivity index (χ1) is 13.6. The monoisotopic (exact) mass is 388 g/mol. The molecule has 150 valence electrons. The summed E-state index contributed by atoms with van der Waals surface area (Å²) in [7, 11) is 0. The van der Waals surface area contributed by atoms with E-state index in [2.05, 4.69) is 40.7 Å². The minimum atomic E-state index is -0.485. The van der Waals surface area contributed by atoms with Gasteiger partial charge < -0.3 is 4.74 Å². The number of allylic oxidation sites excluding steroid dienone is 3. The third-order valence-corrected chi connectivity index (χ3v) is 5.35. The first-order valence-corrected chi connectivity index (χ1v) is 9.92. The van der Waals surface area contributed by atoms with Crippen LogP contribution in [0, 0.1) is 5.41 Å². The average Bonchev–Trinajstić information content (AvgIpc) is 2.67. The van der Waals surface area contributed by atoms with E-state index >= 15 is 0 Å². The molecule has 0 fully saturated rings. The predicted octanol–water partition coefficient (Wildman–Crippen LogP) is 6.35. The number of hydrogen-bond donors (Lipinski definition) is 0. The van der Waals surface area contributed by atoms with Gasteiger partial charge in [-0.1, -0.05) is 71.0 Å². The van der Waals surface area contributed by atoms with Gasteiger partial charge in [0.05, 0.1) is 11.8 Å². The smallest absolute Gasteiger partial charge is 0.342 e. The van der Waals surface area contributed by atoms with Crippen LogP contribution in [-0.4, -0.2) is 11.8 Å². The fraction of sp³-hybridized carbons (Fsp3) is 0.308. The highest BCUT2D eigenvalue weighted by Gasteiger charge is 2.32. The number of benzene rings is 2. The molecule has 29 heavy (non-hydrogen) atoms. The molecule has 0 amide bonds. The lowest BCUT2D eigenvalue weighted by molar-refractivity contribution is 0.0662. The van der Waals surface area contributed by atoms with Crippen molar-refractivity contribution in [3.63, 3.8) is 0 Å². The molecule has 0 aliphatic heterocycles. The Balaban J connectivity index is 1.81. The first kappa shape index (κ1) is 20.8. The fourth-order valence-corrected chi connectivity index (χ4v) is 3.68. The van der Waals surface area contributed by atoms with Crippen LogP contribution in [0.2, 0.25) is 0 Å². The van der Waals surface area contributed by atoms with E-state index in [1.165, 1.54) is 29.0 Å². The van der Waals surface area contributed by atoms with Crippen molar-refractivity contribution in [1.82, 2.24) is 0 Å². The summed E-state index contributed by atoms with van der Waals surface area (Å²) < 4.78 is 5.09. The molecule has 0 saturated heterocycles. The molecule has 1 aliphatic carbocycles.